The van der Waals surface area contributed by atoms with E-state index in [1.807, 2.05) is 11.9 Å². The number of hydrogen-bond donors (Lipinski definition) is 1. The summed E-state index contributed by atoms with van der Waals surface area (Å²) in [4.78, 5) is 16.9. The molecule has 2 aliphatic heterocycles. The number of benzene rings is 1. The molecule has 1 aromatic rings. The van der Waals surface area contributed by atoms with Gasteiger partial charge in [-0.15, -0.1) is 0 Å². The average molecular weight is 321 g/mol. The molecule has 5 nitrogen and oxygen atoms in total. The number of rotatable bonds is 4. The fourth-order valence-corrected chi connectivity index (χ4v) is 3.36. The fourth-order valence-electron chi connectivity index (χ4n) is 3.36. The molecule has 0 radical (unpaired) electrons. The minimum absolute atomic E-state index is 0.0364. The van der Waals surface area contributed by atoms with Gasteiger partial charge in [-0.2, -0.15) is 0 Å². The van der Waals surface area contributed by atoms with Gasteiger partial charge in [0.15, 0.2) is 0 Å². The van der Waals surface area contributed by atoms with E-state index >= 15 is 0 Å². The van der Waals surface area contributed by atoms with E-state index in [0.29, 0.717) is 31.9 Å². The number of halogens is 1. The normalized spacial score (nSPS) is 23.7. The Kier molecular flexibility index (Phi) is 5.25. The van der Waals surface area contributed by atoms with Gasteiger partial charge in [0, 0.05) is 38.3 Å². The molecule has 0 bridgehead atoms. The SMILES string of the molecule is CN(C(=O)C(c1ccccc1F)N1CCOCC1)C1CCNC1. The molecular formula is C17H24FN3O2. The van der Waals surface area contributed by atoms with Gasteiger partial charge in [0.1, 0.15) is 11.9 Å². The highest BCUT2D eigenvalue weighted by molar-refractivity contribution is 5.83. The van der Waals surface area contributed by atoms with Crippen LogP contribution in [0.4, 0.5) is 4.39 Å². The van der Waals surface area contributed by atoms with Crippen LogP contribution in [0, 0.1) is 5.82 Å². The van der Waals surface area contributed by atoms with Crippen LogP contribution in [0.3, 0.4) is 0 Å². The number of carbonyl (C=O) groups excluding carboxylic acids is 1. The van der Waals surface area contributed by atoms with Crippen molar-refractivity contribution < 1.29 is 13.9 Å². The monoisotopic (exact) mass is 321 g/mol. The van der Waals surface area contributed by atoms with Crippen LogP contribution >= 0.6 is 0 Å². The van der Waals surface area contributed by atoms with Gasteiger partial charge in [-0.05, 0) is 19.0 Å². The lowest BCUT2D eigenvalue weighted by atomic mass is 10.0. The summed E-state index contributed by atoms with van der Waals surface area (Å²) in [6, 6.07) is 6.19. The van der Waals surface area contributed by atoms with Gasteiger partial charge < -0.3 is 15.0 Å². The van der Waals surface area contributed by atoms with Gasteiger partial charge >= 0.3 is 0 Å². The second kappa shape index (κ2) is 7.38. The quantitative estimate of drug-likeness (QED) is 0.899. The van der Waals surface area contributed by atoms with E-state index in [2.05, 4.69) is 5.32 Å². The van der Waals surface area contributed by atoms with Crippen molar-refractivity contribution in [3.05, 3.63) is 35.6 Å². The predicted octanol–water partition coefficient (Wildman–Crippen LogP) is 1.02. The summed E-state index contributed by atoms with van der Waals surface area (Å²) < 4.78 is 19.7. The van der Waals surface area contributed by atoms with Gasteiger partial charge in [0.25, 0.3) is 0 Å². The first-order valence-corrected chi connectivity index (χ1v) is 8.22. The third-order valence-electron chi connectivity index (χ3n) is 4.77. The second-order valence-corrected chi connectivity index (χ2v) is 6.17. The zero-order valence-electron chi connectivity index (χ0n) is 13.5. The Hall–Kier alpha value is -1.50. The molecule has 23 heavy (non-hydrogen) atoms. The predicted molar refractivity (Wildman–Crippen MR) is 85.6 cm³/mol. The van der Waals surface area contributed by atoms with Gasteiger partial charge in [-0.3, -0.25) is 9.69 Å². The number of ether oxygens (including phenoxy) is 1. The van der Waals surface area contributed by atoms with E-state index in [0.717, 1.165) is 19.5 Å². The molecule has 2 fully saturated rings. The molecule has 2 aliphatic rings. The Morgan fingerprint density at radius 3 is 2.78 bits per heavy atom. The maximum atomic E-state index is 14.4. The molecule has 2 unspecified atom stereocenters. The van der Waals surface area contributed by atoms with Gasteiger partial charge in [0.05, 0.1) is 13.2 Å². The maximum Gasteiger partial charge on any atom is 0.244 e. The lowest BCUT2D eigenvalue weighted by Crippen LogP contribution is -2.49. The molecule has 2 heterocycles. The van der Waals surface area contributed by atoms with Crippen molar-refractivity contribution >= 4 is 5.91 Å². The van der Waals surface area contributed by atoms with Crippen LogP contribution in [0.2, 0.25) is 0 Å². The van der Waals surface area contributed by atoms with Crippen LogP contribution in [0.1, 0.15) is 18.0 Å². The lowest BCUT2D eigenvalue weighted by Gasteiger charge is -2.37. The molecule has 0 aromatic heterocycles. The van der Waals surface area contributed by atoms with Crippen LogP contribution in [-0.2, 0) is 9.53 Å². The van der Waals surface area contributed by atoms with Crippen LogP contribution < -0.4 is 5.32 Å². The highest BCUT2D eigenvalue weighted by Crippen LogP contribution is 2.27. The molecule has 3 rings (SSSR count). The standard InChI is InChI=1S/C17H24FN3O2/c1-20(13-6-7-19-12-13)17(22)16(21-8-10-23-11-9-21)14-4-2-3-5-15(14)18/h2-5,13,16,19H,6-12H2,1H3. The van der Waals surface area contributed by atoms with Crippen molar-refractivity contribution in [3.8, 4) is 0 Å². The van der Waals surface area contributed by atoms with E-state index in [1.54, 1.807) is 23.1 Å². The Bertz CT molecular complexity index is 542. The smallest absolute Gasteiger partial charge is 0.244 e. The zero-order chi connectivity index (χ0) is 16.2. The molecule has 1 amide bonds. The third kappa shape index (κ3) is 3.54. The molecule has 1 aromatic carbocycles. The van der Waals surface area contributed by atoms with Crippen molar-refractivity contribution in [1.29, 1.82) is 0 Å². The van der Waals surface area contributed by atoms with E-state index in [-0.39, 0.29) is 17.8 Å². The van der Waals surface area contributed by atoms with Crippen LogP contribution in [0.25, 0.3) is 0 Å². The Morgan fingerprint density at radius 1 is 1.39 bits per heavy atom. The maximum absolute atomic E-state index is 14.4. The molecule has 0 aliphatic carbocycles. The number of carbonyl (C=O) groups is 1. The van der Waals surface area contributed by atoms with Crippen molar-refractivity contribution in [1.82, 2.24) is 15.1 Å². The number of nitrogens with zero attached hydrogens (tertiary/aromatic N) is 2. The number of hydrogen-bond acceptors (Lipinski definition) is 4. The number of morpholine rings is 1. The molecule has 1 N–H and O–H groups in total. The summed E-state index contributed by atoms with van der Waals surface area (Å²) in [6.45, 7) is 4.16. The van der Waals surface area contributed by atoms with Crippen molar-refractivity contribution in [2.45, 2.75) is 18.5 Å². The summed E-state index contributed by atoms with van der Waals surface area (Å²) in [5.41, 5.74) is 0.456. The zero-order valence-corrected chi connectivity index (χ0v) is 13.5. The van der Waals surface area contributed by atoms with Crippen molar-refractivity contribution in [2.24, 2.45) is 0 Å². The number of amides is 1. The van der Waals surface area contributed by atoms with E-state index in [1.165, 1.54) is 6.07 Å². The molecule has 6 heteroatoms. The van der Waals surface area contributed by atoms with Crippen molar-refractivity contribution in [3.63, 3.8) is 0 Å². The fraction of sp³-hybridized carbons (Fsp3) is 0.588. The minimum atomic E-state index is -0.578. The van der Waals surface area contributed by atoms with Gasteiger partial charge in [-0.1, -0.05) is 18.2 Å². The van der Waals surface area contributed by atoms with Crippen molar-refractivity contribution in [2.75, 3.05) is 46.4 Å². The van der Waals surface area contributed by atoms with Gasteiger partial charge in [-0.25, -0.2) is 4.39 Å². The Morgan fingerprint density at radius 2 is 2.13 bits per heavy atom. The Balaban J connectivity index is 1.87. The van der Waals surface area contributed by atoms with Crippen LogP contribution in [0.15, 0.2) is 24.3 Å². The van der Waals surface area contributed by atoms with E-state index in [4.69, 9.17) is 4.74 Å². The van der Waals surface area contributed by atoms with Crippen LogP contribution in [0.5, 0.6) is 0 Å². The first kappa shape index (κ1) is 16.4. The first-order chi connectivity index (χ1) is 11.2. The molecular weight excluding hydrogens is 297 g/mol. The second-order valence-electron chi connectivity index (χ2n) is 6.17. The summed E-state index contributed by atoms with van der Waals surface area (Å²) >= 11 is 0. The van der Waals surface area contributed by atoms with E-state index in [9.17, 15) is 9.18 Å². The number of nitrogens with one attached hydrogen (secondary N) is 1. The average Bonchev–Trinajstić information content (AvgIpc) is 3.11. The van der Waals surface area contributed by atoms with Crippen LogP contribution in [-0.4, -0.2) is 68.2 Å². The Labute approximate surface area is 136 Å². The highest BCUT2D eigenvalue weighted by atomic mass is 19.1. The summed E-state index contributed by atoms with van der Waals surface area (Å²) in [7, 11) is 1.83. The minimum Gasteiger partial charge on any atom is -0.379 e. The largest absolute Gasteiger partial charge is 0.379 e. The molecule has 126 valence electrons. The summed E-state index contributed by atoms with van der Waals surface area (Å²) in [6.07, 6.45) is 0.940. The topological polar surface area (TPSA) is 44.8 Å². The van der Waals surface area contributed by atoms with E-state index < -0.39 is 6.04 Å². The first-order valence-electron chi connectivity index (χ1n) is 8.22. The summed E-state index contributed by atoms with van der Waals surface area (Å²) in [5, 5.41) is 3.28. The third-order valence-corrected chi connectivity index (χ3v) is 4.77. The highest BCUT2D eigenvalue weighted by Gasteiger charge is 2.35. The summed E-state index contributed by atoms with van der Waals surface area (Å²) in [5.74, 6) is -0.360. The number of likely N-dealkylation sites (N-methyl/N-ethyl adjacent to an activating group) is 1. The van der Waals surface area contributed by atoms with Gasteiger partial charge in [0.2, 0.25) is 5.91 Å². The molecule has 0 saturated carbocycles. The molecule has 2 atom stereocenters. The molecule has 0 spiro atoms. The molecule has 2 saturated heterocycles. The lowest BCUT2D eigenvalue weighted by molar-refractivity contribution is -0.139.